The van der Waals surface area contributed by atoms with Gasteiger partial charge >= 0.3 is 6.01 Å². The van der Waals surface area contributed by atoms with Gasteiger partial charge in [-0.15, -0.1) is 5.10 Å². The molecule has 0 saturated heterocycles. The van der Waals surface area contributed by atoms with E-state index in [0.29, 0.717) is 25.1 Å². The summed E-state index contributed by atoms with van der Waals surface area (Å²) < 4.78 is 10.4. The fourth-order valence-electron chi connectivity index (χ4n) is 1.57. The van der Waals surface area contributed by atoms with Crippen molar-refractivity contribution in [3.8, 4) is 11.5 Å². The maximum atomic E-state index is 10.9. The minimum absolute atomic E-state index is 0.111. The first-order chi connectivity index (χ1) is 9.69. The lowest BCUT2D eigenvalue weighted by atomic mass is 10.2. The van der Waals surface area contributed by atoms with Gasteiger partial charge in [-0.3, -0.25) is 4.79 Å². The number of methoxy groups -OCH3 is 1. The average Bonchev–Trinajstić information content (AvgIpc) is 2.88. The summed E-state index contributed by atoms with van der Waals surface area (Å²) in [5.41, 5.74) is 1.51. The molecule has 0 bridgehead atoms. The van der Waals surface area contributed by atoms with Crippen molar-refractivity contribution in [3.05, 3.63) is 24.3 Å². The van der Waals surface area contributed by atoms with Crippen LogP contribution in [0.25, 0.3) is 11.5 Å². The number of ether oxygens (including phenoxy) is 1. The number of amides is 1. The molecule has 0 saturated carbocycles. The molecular weight excluding hydrogens is 260 g/mol. The lowest BCUT2D eigenvalue weighted by Crippen LogP contribution is -2.07. The number of carbonyl (C=O) groups excluding carboxylic acids is 1. The summed E-state index contributed by atoms with van der Waals surface area (Å²) in [6.07, 6.45) is 0. The van der Waals surface area contributed by atoms with Crippen LogP contribution in [0, 0.1) is 0 Å². The van der Waals surface area contributed by atoms with Gasteiger partial charge in [0.05, 0.1) is 6.61 Å². The highest BCUT2D eigenvalue weighted by atomic mass is 16.5. The van der Waals surface area contributed by atoms with Crippen LogP contribution in [0.4, 0.5) is 11.7 Å². The molecule has 2 aromatic rings. The van der Waals surface area contributed by atoms with Crippen molar-refractivity contribution in [1.82, 2.24) is 10.2 Å². The van der Waals surface area contributed by atoms with Crippen LogP contribution in [0.2, 0.25) is 0 Å². The van der Waals surface area contributed by atoms with E-state index in [2.05, 4.69) is 20.8 Å². The van der Waals surface area contributed by atoms with Gasteiger partial charge < -0.3 is 19.8 Å². The van der Waals surface area contributed by atoms with Gasteiger partial charge in [0.2, 0.25) is 11.8 Å². The number of rotatable bonds is 6. The Bertz CT molecular complexity index is 565. The summed E-state index contributed by atoms with van der Waals surface area (Å²) in [5, 5.41) is 13.5. The smallest absolute Gasteiger partial charge is 0.315 e. The Kier molecular flexibility index (Phi) is 4.67. The second kappa shape index (κ2) is 6.67. The number of anilines is 2. The fourth-order valence-corrected chi connectivity index (χ4v) is 1.57. The third kappa shape index (κ3) is 3.79. The minimum Gasteiger partial charge on any atom is -0.403 e. The van der Waals surface area contributed by atoms with Crippen molar-refractivity contribution in [2.45, 2.75) is 6.92 Å². The normalized spacial score (nSPS) is 10.3. The van der Waals surface area contributed by atoms with Gasteiger partial charge in [-0.05, 0) is 24.3 Å². The van der Waals surface area contributed by atoms with Gasteiger partial charge in [-0.1, -0.05) is 5.10 Å². The van der Waals surface area contributed by atoms with Crippen LogP contribution in [0.3, 0.4) is 0 Å². The van der Waals surface area contributed by atoms with Crippen molar-refractivity contribution < 1.29 is 13.9 Å². The Hall–Kier alpha value is -2.41. The van der Waals surface area contributed by atoms with E-state index < -0.39 is 0 Å². The zero-order valence-electron chi connectivity index (χ0n) is 11.3. The van der Waals surface area contributed by atoms with Crippen LogP contribution >= 0.6 is 0 Å². The zero-order valence-corrected chi connectivity index (χ0v) is 11.3. The molecule has 0 aliphatic heterocycles. The molecule has 1 heterocycles. The second-order valence-corrected chi connectivity index (χ2v) is 4.09. The molecule has 2 N–H and O–H groups in total. The average molecular weight is 276 g/mol. The molecule has 0 spiro atoms. The highest BCUT2D eigenvalue weighted by Crippen LogP contribution is 2.21. The monoisotopic (exact) mass is 276 g/mol. The number of benzene rings is 1. The fraction of sp³-hybridized carbons (Fsp3) is 0.308. The predicted octanol–water partition coefficient (Wildman–Crippen LogP) is 1.75. The molecule has 20 heavy (non-hydrogen) atoms. The first-order valence-electron chi connectivity index (χ1n) is 6.13. The first kappa shape index (κ1) is 14.0. The highest BCUT2D eigenvalue weighted by Gasteiger charge is 2.08. The van der Waals surface area contributed by atoms with Crippen LogP contribution in [-0.4, -0.2) is 36.4 Å². The van der Waals surface area contributed by atoms with Crippen LogP contribution < -0.4 is 10.6 Å². The van der Waals surface area contributed by atoms with E-state index >= 15 is 0 Å². The Morgan fingerprint density at radius 3 is 2.70 bits per heavy atom. The Morgan fingerprint density at radius 2 is 2.05 bits per heavy atom. The van der Waals surface area contributed by atoms with Crippen molar-refractivity contribution >= 4 is 17.6 Å². The largest absolute Gasteiger partial charge is 0.403 e. The zero-order chi connectivity index (χ0) is 14.4. The number of hydrogen-bond acceptors (Lipinski definition) is 6. The quantitative estimate of drug-likeness (QED) is 0.781. The summed E-state index contributed by atoms with van der Waals surface area (Å²) in [6.45, 7) is 2.62. The molecule has 1 aromatic heterocycles. The molecule has 7 heteroatoms. The Labute approximate surface area is 116 Å². The van der Waals surface area contributed by atoms with Crippen LogP contribution in [0.5, 0.6) is 0 Å². The van der Waals surface area contributed by atoms with E-state index in [9.17, 15) is 4.79 Å². The van der Waals surface area contributed by atoms with Gasteiger partial charge in [0.1, 0.15) is 0 Å². The standard InChI is InChI=1S/C13H16N4O3/c1-9(18)15-11-5-3-10(4-6-11)12-16-17-13(20-12)14-7-8-19-2/h3-6H,7-8H2,1-2H3,(H,14,17)(H,15,18). The maximum Gasteiger partial charge on any atom is 0.315 e. The molecule has 7 nitrogen and oxygen atoms in total. The molecular formula is C13H16N4O3. The third-order valence-corrected chi connectivity index (χ3v) is 2.46. The molecule has 0 unspecified atom stereocenters. The summed E-state index contributed by atoms with van der Waals surface area (Å²) >= 11 is 0. The molecule has 2 rings (SSSR count). The number of carbonyl (C=O) groups is 1. The van der Waals surface area contributed by atoms with E-state index in [0.717, 1.165) is 11.3 Å². The van der Waals surface area contributed by atoms with Crippen molar-refractivity contribution in [2.75, 3.05) is 30.9 Å². The van der Waals surface area contributed by atoms with Crippen LogP contribution in [-0.2, 0) is 9.53 Å². The SMILES string of the molecule is COCCNc1nnc(-c2ccc(NC(C)=O)cc2)o1. The Morgan fingerprint density at radius 1 is 1.30 bits per heavy atom. The number of aromatic nitrogens is 2. The minimum atomic E-state index is -0.111. The van der Waals surface area contributed by atoms with Gasteiger partial charge in [0, 0.05) is 31.8 Å². The van der Waals surface area contributed by atoms with E-state index in [-0.39, 0.29) is 5.91 Å². The van der Waals surface area contributed by atoms with E-state index in [4.69, 9.17) is 9.15 Å². The molecule has 0 fully saturated rings. The molecule has 0 atom stereocenters. The van der Waals surface area contributed by atoms with E-state index in [1.807, 2.05) is 0 Å². The molecule has 106 valence electrons. The lowest BCUT2D eigenvalue weighted by molar-refractivity contribution is -0.114. The van der Waals surface area contributed by atoms with E-state index in [1.54, 1.807) is 31.4 Å². The number of hydrogen-bond donors (Lipinski definition) is 2. The van der Waals surface area contributed by atoms with Crippen molar-refractivity contribution in [2.24, 2.45) is 0 Å². The second-order valence-electron chi connectivity index (χ2n) is 4.09. The van der Waals surface area contributed by atoms with Crippen LogP contribution in [0.1, 0.15) is 6.92 Å². The third-order valence-electron chi connectivity index (χ3n) is 2.46. The van der Waals surface area contributed by atoms with Crippen molar-refractivity contribution in [1.29, 1.82) is 0 Å². The van der Waals surface area contributed by atoms with Crippen LogP contribution in [0.15, 0.2) is 28.7 Å². The van der Waals surface area contributed by atoms with Gasteiger partial charge in [0.15, 0.2) is 0 Å². The van der Waals surface area contributed by atoms with Crippen molar-refractivity contribution in [3.63, 3.8) is 0 Å². The van der Waals surface area contributed by atoms with Gasteiger partial charge in [0.25, 0.3) is 0 Å². The summed E-state index contributed by atoms with van der Waals surface area (Å²) in [4.78, 5) is 10.9. The molecule has 0 aliphatic carbocycles. The van der Waals surface area contributed by atoms with E-state index in [1.165, 1.54) is 6.92 Å². The summed E-state index contributed by atoms with van der Waals surface area (Å²) in [7, 11) is 1.62. The van der Waals surface area contributed by atoms with Gasteiger partial charge in [-0.25, -0.2) is 0 Å². The molecule has 0 radical (unpaired) electrons. The van der Waals surface area contributed by atoms with Gasteiger partial charge in [-0.2, -0.15) is 0 Å². The maximum absolute atomic E-state index is 10.9. The summed E-state index contributed by atoms with van der Waals surface area (Å²) in [5.74, 6) is 0.305. The number of nitrogens with one attached hydrogen (secondary N) is 2. The first-order valence-corrected chi connectivity index (χ1v) is 6.13. The summed E-state index contributed by atoms with van der Waals surface area (Å²) in [6, 6.07) is 7.51. The number of nitrogens with zero attached hydrogens (tertiary/aromatic N) is 2. The highest BCUT2D eigenvalue weighted by molar-refractivity contribution is 5.88. The Balaban J connectivity index is 2.02. The molecule has 1 amide bonds. The molecule has 1 aromatic carbocycles. The lowest BCUT2D eigenvalue weighted by Gasteiger charge is -2.02. The topological polar surface area (TPSA) is 89.3 Å². The predicted molar refractivity (Wildman–Crippen MR) is 74.4 cm³/mol. The molecule has 0 aliphatic rings.